The lowest BCUT2D eigenvalue weighted by Gasteiger charge is -2.52. The topological polar surface area (TPSA) is 100 Å². The normalized spacial score (nSPS) is 36.5. The molecule has 4 heterocycles. The Morgan fingerprint density at radius 3 is 2.68 bits per heavy atom. The maximum Gasteiger partial charge on any atom is 0.433 e. The summed E-state index contributed by atoms with van der Waals surface area (Å²) in [6.45, 7) is 2.07. The molecule has 2 N–H and O–H groups in total. The van der Waals surface area contributed by atoms with Crippen molar-refractivity contribution in [3.63, 3.8) is 0 Å². The number of halogens is 3. The van der Waals surface area contributed by atoms with Gasteiger partial charge in [0.1, 0.15) is 17.8 Å². The Labute approximate surface area is 220 Å². The highest BCUT2D eigenvalue weighted by Gasteiger charge is 2.64. The lowest BCUT2D eigenvalue weighted by atomic mass is 9.59. The summed E-state index contributed by atoms with van der Waals surface area (Å²) in [5.41, 5.74) is -2.81. The first-order valence-corrected chi connectivity index (χ1v) is 13.7. The molecule has 2 bridgehead atoms. The molecular weight excluding hydrogens is 503 g/mol. The zero-order valence-corrected chi connectivity index (χ0v) is 21.6. The largest absolute Gasteiger partial charge is 0.433 e. The number of likely N-dealkylation sites (tertiary alicyclic amines) is 1. The maximum atomic E-state index is 14.3. The quantitative estimate of drug-likeness (QED) is 0.568. The molecule has 1 aromatic rings. The van der Waals surface area contributed by atoms with Gasteiger partial charge in [-0.15, -0.1) is 0 Å². The van der Waals surface area contributed by atoms with Gasteiger partial charge in [-0.2, -0.15) is 13.2 Å². The number of ether oxygens (including phenoxy) is 2. The zero-order chi connectivity index (χ0) is 26.7. The van der Waals surface area contributed by atoms with Gasteiger partial charge in [0.05, 0.1) is 35.8 Å². The standard InChI is InChI=1S/C26H36F3N5O4/c1-37-20-14-38-8-4-19(20)32-16-3-7-24(11-16,25(36)5-2-6-25)23(35)34-13-17-9-18(34)12-33(17)22-10-21(26(27,28)29)30-15-31-22/h10,15-20,32,36H,2-9,11-14H2,1H3/t16-,17-,18+,19+,20-,24-/m1/s1. The number of nitrogens with zero attached hydrogens (tertiary/aromatic N) is 4. The lowest BCUT2D eigenvalue weighted by Crippen LogP contribution is -2.63. The molecule has 38 heavy (non-hydrogen) atoms. The van der Waals surface area contributed by atoms with Crippen molar-refractivity contribution >= 4 is 11.7 Å². The smallest absolute Gasteiger partial charge is 0.389 e. The molecule has 5 aliphatic rings. The SMILES string of the molecule is CO[C@@H]1COCC[C@@H]1N[C@@H]1CC[C@@](C(=O)N2C[C@H]3C[C@H]2CN3c2cc(C(F)(F)F)ncn2)(C2(O)CCC2)C1. The Morgan fingerprint density at radius 2 is 2.03 bits per heavy atom. The van der Waals surface area contributed by atoms with E-state index >= 15 is 0 Å². The van der Waals surface area contributed by atoms with Crippen molar-refractivity contribution in [1.82, 2.24) is 20.2 Å². The van der Waals surface area contributed by atoms with Crippen molar-refractivity contribution in [2.24, 2.45) is 5.41 Å². The first-order valence-electron chi connectivity index (χ1n) is 13.7. The Kier molecular flexibility index (Phi) is 6.60. The minimum atomic E-state index is -4.54. The number of fused-ring (bicyclic) bond motifs is 2. The van der Waals surface area contributed by atoms with Gasteiger partial charge in [0.15, 0.2) is 0 Å². The summed E-state index contributed by atoms with van der Waals surface area (Å²) in [6.07, 6.45) is 2.06. The van der Waals surface area contributed by atoms with E-state index in [1.165, 1.54) is 0 Å². The third kappa shape index (κ3) is 4.28. The number of methoxy groups -OCH3 is 1. The van der Waals surface area contributed by atoms with Crippen LogP contribution in [0.2, 0.25) is 0 Å². The van der Waals surface area contributed by atoms with Gasteiger partial charge in [-0.3, -0.25) is 4.79 Å². The molecule has 210 valence electrons. The second kappa shape index (κ2) is 9.57. The third-order valence-corrected chi connectivity index (χ3v) is 9.79. The molecule has 1 aromatic heterocycles. The molecule has 1 amide bonds. The molecule has 5 fully saturated rings. The molecule has 6 atom stereocenters. The number of carbonyl (C=O) groups is 1. The molecule has 3 saturated heterocycles. The fraction of sp³-hybridized carbons (Fsp3) is 0.808. The summed E-state index contributed by atoms with van der Waals surface area (Å²) >= 11 is 0. The second-order valence-electron chi connectivity index (χ2n) is 11.7. The van der Waals surface area contributed by atoms with Crippen LogP contribution in [-0.4, -0.2) is 95.2 Å². The summed E-state index contributed by atoms with van der Waals surface area (Å²) in [7, 11) is 1.69. The fourth-order valence-corrected chi connectivity index (χ4v) is 7.56. The highest BCUT2D eigenvalue weighted by molar-refractivity contribution is 5.86. The van der Waals surface area contributed by atoms with Crippen LogP contribution in [0, 0.1) is 5.41 Å². The van der Waals surface area contributed by atoms with Crippen LogP contribution in [0.5, 0.6) is 0 Å². The van der Waals surface area contributed by atoms with E-state index < -0.39 is 22.9 Å². The van der Waals surface area contributed by atoms with Gasteiger partial charge in [0.25, 0.3) is 0 Å². The van der Waals surface area contributed by atoms with Gasteiger partial charge < -0.3 is 29.7 Å². The first-order chi connectivity index (χ1) is 18.1. The number of hydrogen-bond acceptors (Lipinski definition) is 8. The monoisotopic (exact) mass is 539 g/mol. The van der Waals surface area contributed by atoms with Crippen LogP contribution >= 0.6 is 0 Å². The molecule has 0 spiro atoms. The minimum absolute atomic E-state index is 0.00471. The molecule has 0 unspecified atom stereocenters. The van der Waals surface area contributed by atoms with Crippen LogP contribution in [0.3, 0.4) is 0 Å². The highest BCUT2D eigenvalue weighted by atomic mass is 19.4. The van der Waals surface area contributed by atoms with Gasteiger partial charge in [0.2, 0.25) is 5.91 Å². The summed E-state index contributed by atoms with van der Waals surface area (Å²) < 4.78 is 50.7. The summed E-state index contributed by atoms with van der Waals surface area (Å²) in [5, 5.41) is 15.4. The molecular formula is C26H36F3N5O4. The van der Waals surface area contributed by atoms with E-state index in [9.17, 15) is 23.1 Å². The number of nitrogens with one attached hydrogen (secondary N) is 1. The molecule has 2 aliphatic carbocycles. The van der Waals surface area contributed by atoms with Crippen LogP contribution in [0.1, 0.15) is 57.1 Å². The molecule has 9 nitrogen and oxygen atoms in total. The Balaban J connectivity index is 1.17. The van der Waals surface area contributed by atoms with E-state index in [1.807, 2.05) is 9.80 Å². The number of hydrogen-bond donors (Lipinski definition) is 2. The molecule has 6 rings (SSSR count). The van der Waals surface area contributed by atoms with E-state index in [0.29, 0.717) is 58.4 Å². The molecule has 0 radical (unpaired) electrons. The van der Waals surface area contributed by atoms with Crippen LogP contribution in [0.4, 0.5) is 19.0 Å². The van der Waals surface area contributed by atoms with E-state index in [-0.39, 0.29) is 42.0 Å². The summed E-state index contributed by atoms with van der Waals surface area (Å²) in [6, 6.07) is 1.02. The van der Waals surface area contributed by atoms with Crippen LogP contribution < -0.4 is 10.2 Å². The number of amides is 1. The molecule has 12 heteroatoms. The highest BCUT2D eigenvalue weighted by Crippen LogP contribution is 2.57. The predicted molar refractivity (Wildman–Crippen MR) is 130 cm³/mol. The molecule has 0 aromatic carbocycles. The number of rotatable bonds is 6. The molecule has 2 saturated carbocycles. The number of carbonyl (C=O) groups excluding carboxylic acids is 1. The second-order valence-corrected chi connectivity index (χ2v) is 11.7. The van der Waals surface area contributed by atoms with E-state index in [1.54, 1.807) is 7.11 Å². The van der Waals surface area contributed by atoms with Gasteiger partial charge >= 0.3 is 6.18 Å². The fourth-order valence-electron chi connectivity index (χ4n) is 7.56. The van der Waals surface area contributed by atoms with Gasteiger partial charge in [-0.1, -0.05) is 0 Å². The maximum absolute atomic E-state index is 14.3. The Bertz CT molecular complexity index is 1060. The number of aromatic nitrogens is 2. The van der Waals surface area contributed by atoms with E-state index in [4.69, 9.17) is 9.47 Å². The zero-order valence-electron chi connectivity index (χ0n) is 21.6. The van der Waals surface area contributed by atoms with Crippen LogP contribution in [-0.2, 0) is 20.4 Å². The van der Waals surface area contributed by atoms with Gasteiger partial charge in [0, 0.05) is 45.0 Å². The number of piperazine rings is 1. The van der Waals surface area contributed by atoms with Crippen LogP contribution in [0.15, 0.2) is 12.4 Å². The van der Waals surface area contributed by atoms with Gasteiger partial charge in [-0.05, 0) is 51.4 Å². The van der Waals surface area contributed by atoms with Crippen molar-refractivity contribution in [3.8, 4) is 0 Å². The third-order valence-electron chi connectivity index (χ3n) is 9.79. The van der Waals surface area contributed by atoms with Crippen molar-refractivity contribution in [3.05, 3.63) is 18.1 Å². The van der Waals surface area contributed by atoms with Gasteiger partial charge in [-0.25, -0.2) is 9.97 Å². The summed E-state index contributed by atoms with van der Waals surface area (Å²) in [5.74, 6) is 0.249. The van der Waals surface area contributed by atoms with Crippen molar-refractivity contribution in [1.29, 1.82) is 0 Å². The first kappa shape index (κ1) is 26.2. The number of alkyl halides is 3. The average Bonchev–Trinajstić information content (AvgIpc) is 3.62. The predicted octanol–water partition coefficient (Wildman–Crippen LogP) is 2.13. The van der Waals surface area contributed by atoms with Crippen molar-refractivity contribution in [2.45, 2.75) is 93.4 Å². The Hall–Kier alpha value is -2.02. The van der Waals surface area contributed by atoms with E-state index in [2.05, 4.69) is 15.3 Å². The lowest BCUT2D eigenvalue weighted by molar-refractivity contribution is -0.178. The van der Waals surface area contributed by atoms with Crippen LogP contribution in [0.25, 0.3) is 0 Å². The number of aliphatic hydroxyl groups is 1. The summed E-state index contributed by atoms with van der Waals surface area (Å²) in [4.78, 5) is 25.5. The van der Waals surface area contributed by atoms with E-state index in [0.717, 1.165) is 31.7 Å². The number of anilines is 1. The average molecular weight is 540 g/mol. The molecule has 3 aliphatic heterocycles. The van der Waals surface area contributed by atoms with Crippen molar-refractivity contribution in [2.75, 3.05) is 38.3 Å². The minimum Gasteiger partial charge on any atom is -0.389 e. The van der Waals surface area contributed by atoms with Crippen molar-refractivity contribution < 1.29 is 32.5 Å². The Morgan fingerprint density at radius 1 is 1.21 bits per heavy atom.